The second-order valence-corrected chi connectivity index (χ2v) is 7.81. The third-order valence-electron chi connectivity index (χ3n) is 5.00. The number of hydrogen-bond acceptors (Lipinski definition) is 3. The molecule has 2 N–H and O–H groups in total. The van der Waals surface area contributed by atoms with E-state index in [4.69, 9.17) is 0 Å². The molecular weight excluding hydrogens is 378 g/mol. The fourth-order valence-corrected chi connectivity index (χ4v) is 4.91. The van der Waals surface area contributed by atoms with Crippen LogP contribution in [0.1, 0.15) is 0 Å². The van der Waals surface area contributed by atoms with Crippen molar-refractivity contribution in [3.05, 3.63) is 101 Å². The Morgan fingerprint density at radius 2 is 1.14 bits per heavy atom. The molecular formula is C25H17NO2S. The Kier molecular flexibility index (Phi) is 4.26. The second kappa shape index (κ2) is 7.08. The van der Waals surface area contributed by atoms with Crippen LogP contribution in [-0.2, 0) is 0 Å². The molecule has 5 rings (SSSR count). The van der Waals surface area contributed by atoms with Gasteiger partial charge in [0, 0.05) is 10.4 Å². The van der Waals surface area contributed by atoms with E-state index in [9.17, 15) is 9.90 Å². The molecule has 140 valence electrons. The molecule has 0 aliphatic heterocycles. The number of aromatic amines is 1. The molecule has 3 nitrogen and oxygen atoms in total. The predicted octanol–water partition coefficient (Wildman–Crippen LogP) is 6.30. The maximum atomic E-state index is 12.8. The number of H-pyrrole nitrogens is 1. The molecule has 3 aromatic carbocycles. The predicted molar refractivity (Wildman–Crippen MR) is 120 cm³/mol. The van der Waals surface area contributed by atoms with E-state index >= 15 is 0 Å². The van der Waals surface area contributed by atoms with Crippen molar-refractivity contribution in [2.45, 2.75) is 0 Å². The first-order chi connectivity index (χ1) is 14.2. The molecule has 0 spiro atoms. The lowest BCUT2D eigenvalue weighted by Crippen LogP contribution is -2.08. The zero-order valence-electron chi connectivity index (χ0n) is 15.4. The fourth-order valence-electron chi connectivity index (χ4n) is 3.69. The van der Waals surface area contributed by atoms with Crippen molar-refractivity contribution in [3.8, 4) is 38.4 Å². The van der Waals surface area contributed by atoms with Gasteiger partial charge in [-0.05, 0) is 16.7 Å². The number of pyridine rings is 1. The van der Waals surface area contributed by atoms with Crippen LogP contribution >= 0.6 is 11.3 Å². The van der Waals surface area contributed by atoms with E-state index in [1.165, 1.54) is 11.3 Å². The average Bonchev–Trinajstić information content (AvgIpc) is 3.15. The van der Waals surface area contributed by atoms with Gasteiger partial charge in [-0.25, -0.2) is 0 Å². The van der Waals surface area contributed by atoms with Crippen molar-refractivity contribution in [1.29, 1.82) is 0 Å². The smallest absolute Gasteiger partial charge is 0.260 e. The van der Waals surface area contributed by atoms with Gasteiger partial charge in [-0.15, -0.1) is 11.3 Å². The maximum absolute atomic E-state index is 12.8. The highest BCUT2D eigenvalue weighted by atomic mass is 32.1. The van der Waals surface area contributed by atoms with E-state index in [0.717, 1.165) is 21.6 Å². The van der Waals surface area contributed by atoms with Crippen LogP contribution in [0.25, 0.3) is 42.9 Å². The summed E-state index contributed by atoms with van der Waals surface area (Å²) in [6, 6.07) is 29.3. The number of aromatic nitrogens is 1. The standard InChI is InChI=1S/C25H17NO2S/c27-22-20(17-12-6-2-7-13-17)24(28)26-25-21(22)19(16-10-4-1-5-11-16)23(29-25)18-14-8-3-9-15-18/h1-15H,(H2,26,27,28). The van der Waals surface area contributed by atoms with Gasteiger partial charge in [-0.2, -0.15) is 0 Å². The minimum Gasteiger partial charge on any atom is -0.506 e. The summed E-state index contributed by atoms with van der Waals surface area (Å²) in [6.07, 6.45) is 0. The molecule has 0 fully saturated rings. The zero-order chi connectivity index (χ0) is 19.8. The van der Waals surface area contributed by atoms with E-state index in [2.05, 4.69) is 4.98 Å². The quantitative estimate of drug-likeness (QED) is 0.377. The van der Waals surface area contributed by atoms with Crippen molar-refractivity contribution in [2.24, 2.45) is 0 Å². The van der Waals surface area contributed by atoms with Crippen LogP contribution < -0.4 is 5.56 Å². The van der Waals surface area contributed by atoms with Crippen LogP contribution in [0.2, 0.25) is 0 Å². The fraction of sp³-hybridized carbons (Fsp3) is 0. The van der Waals surface area contributed by atoms with Crippen molar-refractivity contribution in [3.63, 3.8) is 0 Å². The first-order valence-corrected chi connectivity index (χ1v) is 10.1. The van der Waals surface area contributed by atoms with Gasteiger partial charge in [0.05, 0.1) is 10.9 Å². The number of thiophene rings is 1. The molecule has 5 aromatic rings. The Hall–Kier alpha value is -3.63. The monoisotopic (exact) mass is 395 g/mol. The van der Waals surface area contributed by atoms with Crippen LogP contribution in [-0.4, -0.2) is 10.1 Å². The van der Waals surface area contributed by atoms with Crippen LogP contribution in [0, 0.1) is 0 Å². The van der Waals surface area contributed by atoms with E-state index in [1.54, 1.807) is 0 Å². The maximum Gasteiger partial charge on any atom is 0.260 e. The third-order valence-corrected chi connectivity index (χ3v) is 6.15. The average molecular weight is 395 g/mol. The van der Waals surface area contributed by atoms with Crippen molar-refractivity contribution < 1.29 is 5.11 Å². The van der Waals surface area contributed by atoms with Crippen LogP contribution in [0.3, 0.4) is 0 Å². The normalized spacial score (nSPS) is 11.0. The van der Waals surface area contributed by atoms with Crippen LogP contribution in [0.5, 0.6) is 5.75 Å². The SMILES string of the molecule is O=c1[nH]c2sc(-c3ccccc3)c(-c3ccccc3)c2c(O)c1-c1ccccc1. The van der Waals surface area contributed by atoms with Crippen molar-refractivity contribution in [2.75, 3.05) is 0 Å². The molecule has 4 heteroatoms. The molecule has 0 saturated carbocycles. The van der Waals surface area contributed by atoms with E-state index < -0.39 is 0 Å². The number of aromatic hydroxyl groups is 1. The molecule has 2 heterocycles. The lowest BCUT2D eigenvalue weighted by molar-refractivity contribution is 0.483. The molecule has 0 unspecified atom stereocenters. The summed E-state index contributed by atoms with van der Waals surface area (Å²) < 4.78 is 0. The first kappa shape index (κ1) is 17.5. The Balaban J connectivity index is 1.91. The molecule has 0 radical (unpaired) electrons. The summed E-state index contributed by atoms with van der Waals surface area (Å²) >= 11 is 1.49. The van der Waals surface area contributed by atoms with Gasteiger partial charge in [-0.3, -0.25) is 4.79 Å². The third kappa shape index (κ3) is 2.94. The lowest BCUT2D eigenvalue weighted by atomic mass is 9.97. The van der Waals surface area contributed by atoms with Gasteiger partial charge < -0.3 is 10.1 Å². The van der Waals surface area contributed by atoms with Gasteiger partial charge in [0.2, 0.25) is 0 Å². The van der Waals surface area contributed by atoms with Crippen LogP contribution in [0.4, 0.5) is 0 Å². The molecule has 0 atom stereocenters. The zero-order valence-corrected chi connectivity index (χ0v) is 16.2. The Morgan fingerprint density at radius 1 is 0.655 bits per heavy atom. The van der Waals surface area contributed by atoms with Crippen molar-refractivity contribution >= 4 is 21.6 Å². The highest BCUT2D eigenvalue weighted by Crippen LogP contribution is 2.48. The summed E-state index contributed by atoms with van der Waals surface area (Å²) in [7, 11) is 0. The Bertz CT molecular complexity index is 1350. The highest BCUT2D eigenvalue weighted by Gasteiger charge is 2.23. The summed E-state index contributed by atoms with van der Waals surface area (Å²) in [5.41, 5.74) is 3.68. The molecule has 0 aliphatic carbocycles. The number of hydrogen-bond donors (Lipinski definition) is 2. The minimum atomic E-state index is -0.290. The molecule has 0 saturated heterocycles. The summed E-state index contributed by atoms with van der Waals surface area (Å²) in [5, 5.41) is 12.0. The lowest BCUT2D eigenvalue weighted by Gasteiger charge is -2.09. The van der Waals surface area contributed by atoms with Gasteiger partial charge in [0.25, 0.3) is 5.56 Å². The molecule has 2 aromatic heterocycles. The molecule has 0 aliphatic rings. The Morgan fingerprint density at radius 3 is 1.69 bits per heavy atom. The second-order valence-electron chi connectivity index (χ2n) is 6.79. The van der Waals surface area contributed by atoms with E-state index in [-0.39, 0.29) is 11.3 Å². The summed E-state index contributed by atoms with van der Waals surface area (Å²) in [4.78, 5) is 17.5. The van der Waals surface area contributed by atoms with E-state index in [1.807, 2.05) is 91.0 Å². The minimum absolute atomic E-state index is 0.0206. The molecule has 0 amide bonds. The van der Waals surface area contributed by atoms with Gasteiger partial charge in [-0.1, -0.05) is 91.0 Å². The van der Waals surface area contributed by atoms with Crippen LogP contribution in [0.15, 0.2) is 95.8 Å². The van der Waals surface area contributed by atoms with Gasteiger partial charge in [0.15, 0.2) is 0 Å². The Labute approximate surface area is 171 Å². The van der Waals surface area contributed by atoms with Gasteiger partial charge >= 0.3 is 0 Å². The topological polar surface area (TPSA) is 53.1 Å². The molecule has 29 heavy (non-hydrogen) atoms. The summed E-state index contributed by atoms with van der Waals surface area (Å²) in [6.45, 7) is 0. The first-order valence-electron chi connectivity index (χ1n) is 9.32. The number of fused-ring (bicyclic) bond motifs is 1. The number of rotatable bonds is 3. The molecule has 0 bridgehead atoms. The van der Waals surface area contributed by atoms with E-state index in [0.29, 0.717) is 21.3 Å². The number of benzene rings is 3. The van der Waals surface area contributed by atoms with Gasteiger partial charge in [0.1, 0.15) is 10.6 Å². The largest absolute Gasteiger partial charge is 0.506 e. The highest BCUT2D eigenvalue weighted by molar-refractivity contribution is 7.22. The van der Waals surface area contributed by atoms with Crippen molar-refractivity contribution in [1.82, 2.24) is 4.98 Å². The summed E-state index contributed by atoms with van der Waals surface area (Å²) in [5.74, 6) is 0.0206. The number of nitrogens with one attached hydrogen (secondary N) is 1.